The molecule has 2 saturated heterocycles. The molecule has 0 aromatic heterocycles. The first-order valence-electron chi connectivity index (χ1n) is 5.34. The molecule has 2 N–H and O–H groups in total. The monoisotopic (exact) mass is 200 g/mol. The Balaban J connectivity index is 2.03. The Morgan fingerprint density at radius 1 is 1.38 bits per heavy atom. The van der Waals surface area contributed by atoms with Crippen molar-refractivity contribution in [3.63, 3.8) is 0 Å². The molecule has 2 aliphatic rings. The Kier molecular flexibility index (Phi) is 2.86. The number of fused-ring (bicyclic) bond motifs is 1. The van der Waals surface area contributed by atoms with Gasteiger partial charge in [0.05, 0.1) is 0 Å². The summed E-state index contributed by atoms with van der Waals surface area (Å²) < 4.78 is 0.254. The minimum atomic E-state index is 0.254. The Bertz CT molecular complexity index is 182. The molecule has 0 aromatic carbocycles. The van der Waals surface area contributed by atoms with E-state index in [-0.39, 0.29) is 4.75 Å². The van der Waals surface area contributed by atoms with E-state index < -0.39 is 0 Å². The Morgan fingerprint density at radius 3 is 3.08 bits per heavy atom. The van der Waals surface area contributed by atoms with E-state index in [1.807, 2.05) is 0 Å². The summed E-state index contributed by atoms with van der Waals surface area (Å²) in [5, 5.41) is 7.08. The molecule has 13 heavy (non-hydrogen) atoms. The molecule has 0 aromatic rings. The van der Waals surface area contributed by atoms with Gasteiger partial charge in [0.2, 0.25) is 0 Å². The first-order chi connectivity index (χ1) is 6.17. The van der Waals surface area contributed by atoms with Gasteiger partial charge in [-0.1, -0.05) is 6.92 Å². The summed E-state index contributed by atoms with van der Waals surface area (Å²) in [6.45, 7) is 5.74. The summed E-state index contributed by atoms with van der Waals surface area (Å²) in [6, 6.07) is 0.697. The van der Waals surface area contributed by atoms with Crippen LogP contribution >= 0.6 is 12.6 Å². The fourth-order valence-corrected chi connectivity index (χ4v) is 2.94. The van der Waals surface area contributed by atoms with Crippen LogP contribution in [0.2, 0.25) is 0 Å². The lowest BCUT2D eigenvalue weighted by molar-refractivity contribution is 0.275. The lowest BCUT2D eigenvalue weighted by atomic mass is 9.85. The van der Waals surface area contributed by atoms with Gasteiger partial charge in [-0.05, 0) is 38.3 Å². The molecule has 0 saturated carbocycles. The second-order valence-electron chi connectivity index (χ2n) is 4.76. The summed E-state index contributed by atoms with van der Waals surface area (Å²) in [6.07, 6.45) is 3.78. The van der Waals surface area contributed by atoms with E-state index in [2.05, 4.69) is 17.6 Å². The SMILES string of the molecule is CC1(S)CCNC2CNCCC2C1. The molecular weight excluding hydrogens is 180 g/mol. The predicted molar refractivity (Wildman–Crippen MR) is 59.4 cm³/mol. The van der Waals surface area contributed by atoms with E-state index in [0.29, 0.717) is 6.04 Å². The van der Waals surface area contributed by atoms with Gasteiger partial charge in [0.15, 0.2) is 0 Å². The zero-order valence-electron chi connectivity index (χ0n) is 8.34. The molecule has 2 nitrogen and oxygen atoms in total. The molecule has 2 rings (SSSR count). The minimum absolute atomic E-state index is 0.254. The van der Waals surface area contributed by atoms with Gasteiger partial charge in [0.1, 0.15) is 0 Å². The molecule has 0 bridgehead atoms. The van der Waals surface area contributed by atoms with E-state index in [4.69, 9.17) is 12.6 Å². The maximum absolute atomic E-state index is 4.74. The van der Waals surface area contributed by atoms with Crippen LogP contribution in [0.1, 0.15) is 26.2 Å². The molecule has 3 atom stereocenters. The second kappa shape index (κ2) is 3.79. The average molecular weight is 200 g/mol. The number of thiol groups is 1. The van der Waals surface area contributed by atoms with Crippen LogP contribution in [0.3, 0.4) is 0 Å². The Hall–Kier alpha value is 0.270. The Labute approximate surface area is 86.3 Å². The number of hydrogen-bond acceptors (Lipinski definition) is 3. The molecule has 2 fully saturated rings. The van der Waals surface area contributed by atoms with E-state index in [9.17, 15) is 0 Å². The van der Waals surface area contributed by atoms with Crippen molar-refractivity contribution in [2.45, 2.75) is 37.0 Å². The second-order valence-corrected chi connectivity index (χ2v) is 5.84. The van der Waals surface area contributed by atoms with Crippen LogP contribution < -0.4 is 10.6 Å². The van der Waals surface area contributed by atoms with Crippen LogP contribution in [0.15, 0.2) is 0 Å². The highest BCUT2D eigenvalue weighted by molar-refractivity contribution is 7.81. The summed E-state index contributed by atoms with van der Waals surface area (Å²) in [5.41, 5.74) is 0. The molecule has 3 heteroatoms. The van der Waals surface area contributed by atoms with Crippen molar-refractivity contribution in [3.8, 4) is 0 Å². The van der Waals surface area contributed by atoms with Gasteiger partial charge in [-0.15, -0.1) is 0 Å². The van der Waals surface area contributed by atoms with Gasteiger partial charge in [-0.2, -0.15) is 12.6 Å². The number of hydrogen-bond donors (Lipinski definition) is 3. The van der Waals surface area contributed by atoms with Gasteiger partial charge < -0.3 is 10.6 Å². The van der Waals surface area contributed by atoms with Gasteiger partial charge in [-0.25, -0.2) is 0 Å². The molecule has 0 amide bonds. The first kappa shape index (κ1) is 9.81. The van der Waals surface area contributed by atoms with Crippen LogP contribution in [-0.4, -0.2) is 30.4 Å². The Morgan fingerprint density at radius 2 is 2.23 bits per heavy atom. The van der Waals surface area contributed by atoms with Crippen molar-refractivity contribution in [1.29, 1.82) is 0 Å². The normalized spacial score (nSPS) is 46.6. The molecule has 3 unspecified atom stereocenters. The fourth-order valence-electron chi connectivity index (χ4n) is 2.59. The maximum Gasteiger partial charge on any atom is 0.0221 e. The van der Waals surface area contributed by atoms with E-state index in [0.717, 1.165) is 19.0 Å². The minimum Gasteiger partial charge on any atom is -0.315 e. The zero-order chi connectivity index (χ0) is 9.31. The third-order valence-corrected chi connectivity index (χ3v) is 3.80. The highest BCUT2D eigenvalue weighted by Crippen LogP contribution is 2.33. The van der Waals surface area contributed by atoms with E-state index in [1.54, 1.807) is 0 Å². The number of piperidine rings is 1. The molecule has 0 spiro atoms. The van der Waals surface area contributed by atoms with E-state index >= 15 is 0 Å². The van der Waals surface area contributed by atoms with Crippen molar-refractivity contribution in [1.82, 2.24) is 10.6 Å². The summed E-state index contributed by atoms with van der Waals surface area (Å²) >= 11 is 4.74. The first-order valence-corrected chi connectivity index (χ1v) is 5.79. The van der Waals surface area contributed by atoms with Crippen LogP contribution in [0.4, 0.5) is 0 Å². The smallest absolute Gasteiger partial charge is 0.0221 e. The molecule has 76 valence electrons. The fraction of sp³-hybridized carbons (Fsp3) is 1.00. The van der Waals surface area contributed by atoms with Gasteiger partial charge >= 0.3 is 0 Å². The lowest BCUT2D eigenvalue weighted by Gasteiger charge is -2.33. The standard InChI is InChI=1S/C10H20N2S/c1-10(13)3-5-12-9-7-11-4-2-8(9)6-10/h8-9,11-13H,2-7H2,1H3. The van der Waals surface area contributed by atoms with Crippen molar-refractivity contribution in [2.24, 2.45) is 5.92 Å². The van der Waals surface area contributed by atoms with Gasteiger partial charge in [0, 0.05) is 17.3 Å². The third kappa shape index (κ3) is 2.39. The number of nitrogens with one attached hydrogen (secondary N) is 2. The lowest BCUT2D eigenvalue weighted by Crippen LogP contribution is -2.48. The highest BCUT2D eigenvalue weighted by atomic mass is 32.1. The van der Waals surface area contributed by atoms with Crippen molar-refractivity contribution in [3.05, 3.63) is 0 Å². The van der Waals surface area contributed by atoms with Crippen LogP contribution in [0.5, 0.6) is 0 Å². The summed E-state index contributed by atoms with van der Waals surface area (Å²) in [5.74, 6) is 0.839. The van der Waals surface area contributed by atoms with E-state index in [1.165, 1.54) is 25.8 Å². The quantitative estimate of drug-likeness (QED) is 0.509. The molecule has 0 radical (unpaired) electrons. The van der Waals surface area contributed by atoms with Crippen molar-refractivity contribution < 1.29 is 0 Å². The van der Waals surface area contributed by atoms with Gasteiger partial charge in [-0.3, -0.25) is 0 Å². The summed E-state index contributed by atoms with van der Waals surface area (Å²) in [7, 11) is 0. The summed E-state index contributed by atoms with van der Waals surface area (Å²) in [4.78, 5) is 0. The van der Waals surface area contributed by atoms with Crippen molar-refractivity contribution in [2.75, 3.05) is 19.6 Å². The number of rotatable bonds is 0. The van der Waals surface area contributed by atoms with Crippen LogP contribution in [-0.2, 0) is 0 Å². The van der Waals surface area contributed by atoms with Crippen LogP contribution in [0.25, 0.3) is 0 Å². The molecular formula is C10H20N2S. The van der Waals surface area contributed by atoms with Gasteiger partial charge in [0.25, 0.3) is 0 Å². The van der Waals surface area contributed by atoms with Crippen LogP contribution in [0, 0.1) is 5.92 Å². The average Bonchev–Trinajstić information content (AvgIpc) is 2.21. The molecule has 0 aliphatic carbocycles. The predicted octanol–water partition coefficient (Wildman–Crippen LogP) is 1.04. The van der Waals surface area contributed by atoms with Crippen molar-refractivity contribution >= 4 is 12.6 Å². The maximum atomic E-state index is 4.74. The molecule has 2 heterocycles. The largest absolute Gasteiger partial charge is 0.315 e. The topological polar surface area (TPSA) is 24.1 Å². The molecule has 2 aliphatic heterocycles. The zero-order valence-corrected chi connectivity index (χ0v) is 9.24. The third-order valence-electron chi connectivity index (χ3n) is 3.40. The highest BCUT2D eigenvalue weighted by Gasteiger charge is 2.33.